The lowest BCUT2D eigenvalue weighted by atomic mass is 10.1. The Morgan fingerprint density at radius 2 is 1.78 bits per heavy atom. The molecule has 0 aliphatic heterocycles. The summed E-state index contributed by atoms with van der Waals surface area (Å²) in [6.45, 7) is 4.72. The summed E-state index contributed by atoms with van der Waals surface area (Å²) < 4.78 is 5.70. The quantitative estimate of drug-likeness (QED) is 0.814. The van der Waals surface area contributed by atoms with Crippen LogP contribution in [0.3, 0.4) is 0 Å². The highest BCUT2D eigenvalue weighted by atomic mass is 16.5. The minimum absolute atomic E-state index is 0.554. The van der Waals surface area contributed by atoms with Crippen molar-refractivity contribution in [1.29, 1.82) is 5.26 Å². The summed E-state index contributed by atoms with van der Waals surface area (Å²) in [6, 6.07) is 15.6. The van der Waals surface area contributed by atoms with Crippen LogP contribution < -0.4 is 4.74 Å². The Balaban J connectivity index is 2.04. The fourth-order valence-electron chi connectivity index (χ4n) is 1.79. The first-order valence-electron chi connectivity index (χ1n) is 5.88. The van der Waals surface area contributed by atoms with Crippen LogP contribution in [-0.4, -0.2) is 0 Å². The van der Waals surface area contributed by atoms with E-state index in [9.17, 15) is 0 Å². The number of ether oxygens (including phenoxy) is 1. The summed E-state index contributed by atoms with van der Waals surface area (Å²) in [4.78, 5) is 0. The second kappa shape index (κ2) is 5.37. The first kappa shape index (κ1) is 12.2. The van der Waals surface area contributed by atoms with E-state index in [-0.39, 0.29) is 0 Å². The third-order valence-corrected chi connectivity index (χ3v) is 2.88. The zero-order valence-electron chi connectivity index (χ0n) is 10.6. The van der Waals surface area contributed by atoms with E-state index in [0.29, 0.717) is 12.2 Å². The second-order valence-corrected chi connectivity index (χ2v) is 4.35. The van der Waals surface area contributed by atoms with Crippen molar-refractivity contribution in [3.05, 3.63) is 64.7 Å². The maximum atomic E-state index is 8.71. The van der Waals surface area contributed by atoms with Gasteiger partial charge in [0, 0.05) is 0 Å². The summed E-state index contributed by atoms with van der Waals surface area (Å²) in [5, 5.41) is 8.71. The van der Waals surface area contributed by atoms with Gasteiger partial charge in [0.2, 0.25) is 0 Å². The van der Waals surface area contributed by atoms with Gasteiger partial charge in [0.05, 0.1) is 11.6 Å². The van der Waals surface area contributed by atoms with Gasteiger partial charge in [-0.3, -0.25) is 0 Å². The van der Waals surface area contributed by atoms with E-state index in [1.54, 1.807) is 12.1 Å². The number of nitrogens with zero attached hydrogens (tertiary/aromatic N) is 1. The Hall–Kier alpha value is -2.27. The summed E-state index contributed by atoms with van der Waals surface area (Å²) in [5.41, 5.74) is 4.33. The molecule has 0 atom stereocenters. The minimum atomic E-state index is 0.554. The Bertz CT molecular complexity index is 579. The van der Waals surface area contributed by atoms with Crippen LogP contribution >= 0.6 is 0 Å². The number of nitriles is 1. The van der Waals surface area contributed by atoms with Crippen LogP contribution in [0, 0.1) is 25.2 Å². The van der Waals surface area contributed by atoms with E-state index in [4.69, 9.17) is 10.00 Å². The van der Waals surface area contributed by atoms with Gasteiger partial charge in [-0.2, -0.15) is 5.26 Å². The van der Waals surface area contributed by atoms with Crippen LogP contribution in [0.1, 0.15) is 22.3 Å². The highest BCUT2D eigenvalue weighted by Gasteiger charge is 2.00. The molecular formula is C16H15NO. The molecule has 0 unspecified atom stereocenters. The molecule has 0 spiro atoms. The van der Waals surface area contributed by atoms with Gasteiger partial charge in [-0.15, -0.1) is 0 Å². The van der Waals surface area contributed by atoms with E-state index in [0.717, 1.165) is 5.75 Å². The topological polar surface area (TPSA) is 33.0 Å². The van der Waals surface area contributed by atoms with Crippen LogP contribution in [0.2, 0.25) is 0 Å². The van der Waals surface area contributed by atoms with Crippen molar-refractivity contribution in [1.82, 2.24) is 0 Å². The van der Waals surface area contributed by atoms with E-state index in [1.807, 2.05) is 12.1 Å². The van der Waals surface area contributed by atoms with Crippen molar-refractivity contribution in [3.63, 3.8) is 0 Å². The van der Waals surface area contributed by atoms with Crippen molar-refractivity contribution < 1.29 is 4.74 Å². The van der Waals surface area contributed by atoms with Crippen molar-refractivity contribution in [3.8, 4) is 11.8 Å². The molecule has 0 N–H and O–H groups in total. The van der Waals surface area contributed by atoms with Crippen LogP contribution in [0.15, 0.2) is 42.5 Å². The van der Waals surface area contributed by atoms with Gasteiger partial charge in [-0.05, 0) is 49.2 Å². The lowest BCUT2D eigenvalue weighted by Crippen LogP contribution is -1.98. The number of hydrogen-bond acceptors (Lipinski definition) is 2. The molecule has 18 heavy (non-hydrogen) atoms. The minimum Gasteiger partial charge on any atom is -0.489 e. The molecule has 2 aromatic rings. The normalized spacial score (nSPS) is 9.83. The second-order valence-electron chi connectivity index (χ2n) is 4.35. The largest absolute Gasteiger partial charge is 0.489 e. The molecule has 0 aromatic heterocycles. The van der Waals surface area contributed by atoms with Crippen molar-refractivity contribution in [2.24, 2.45) is 0 Å². The lowest BCUT2D eigenvalue weighted by molar-refractivity contribution is 0.305. The SMILES string of the molecule is Cc1ccc(COc2ccc(C#N)cc2)c(C)c1. The van der Waals surface area contributed by atoms with E-state index in [1.165, 1.54) is 16.7 Å². The third kappa shape index (κ3) is 2.89. The fourth-order valence-corrected chi connectivity index (χ4v) is 1.79. The molecule has 0 saturated carbocycles. The first-order chi connectivity index (χ1) is 8.69. The molecule has 0 heterocycles. The number of rotatable bonds is 3. The van der Waals surface area contributed by atoms with Gasteiger partial charge in [-0.25, -0.2) is 0 Å². The molecule has 90 valence electrons. The number of benzene rings is 2. The van der Waals surface area contributed by atoms with Gasteiger partial charge >= 0.3 is 0 Å². The Kier molecular flexibility index (Phi) is 3.64. The standard InChI is InChI=1S/C16H15NO/c1-12-3-6-15(13(2)9-12)11-18-16-7-4-14(10-17)5-8-16/h3-9H,11H2,1-2H3. The highest BCUT2D eigenvalue weighted by molar-refractivity contribution is 5.35. The lowest BCUT2D eigenvalue weighted by Gasteiger charge is -2.09. The first-order valence-corrected chi connectivity index (χ1v) is 5.88. The Morgan fingerprint density at radius 1 is 1.06 bits per heavy atom. The molecule has 2 heteroatoms. The predicted molar refractivity (Wildman–Crippen MR) is 71.4 cm³/mol. The summed E-state index contributed by atoms with van der Waals surface area (Å²) in [5.74, 6) is 0.786. The van der Waals surface area contributed by atoms with E-state index >= 15 is 0 Å². The average molecular weight is 237 g/mol. The van der Waals surface area contributed by atoms with E-state index < -0.39 is 0 Å². The van der Waals surface area contributed by atoms with Gasteiger partial charge in [0.25, 0.3) is 0 Å². The van der Waals surface area contributed by atoms with Gasteiger partial charge in [0.15, 0.2) is 0 Å². The van der Waals surface area contributed by atoms with E-state index in [2.05, 4.69) is 38.1 Å². The molecule has 0 bridgehead atoms. The molecule has 0 fully saturated rings. The molecule has 2 nitrogen and oxygen atoms in total. The Labute approximate surface area is 107 Å². The maximum Gasteiger partial charge on any atom is 0.119 e. The van der Waals surface area contributed by atoms with Crippen molar-refractivity contribution in [2.45, 2.75) is 20.5 Å². The van der Waals surface area contributed by atoms with Crippen molar-refractivity contribution in [2.75, 3.05) is 0 Å². The summed E-state index contributed by atoms with van der Waals surface area (Å²) >= 11 is 0. The number of hydrogen-bond donors (Lipinski definition) is 0. The van der Waals surface area contributed by atoms with Crippen LogP contribution in [0.4, 0.5) is 0 Å². The smallest absolute Gasteiger partial charge is 0.119 e. The van der Waals surface area contributed by atoms with Gasteiger partial charge in [-0.1, -0.05) is 23.8 Å². The summed E-state index contributed by atoms with van der Waals surface area (Å²) in [6.07, 6.45) is 0. The molecule has 2 rings (SSSR count). The van der Waals surface area contributed by atoms with Crippen LogP contribution in [0.5, 0.6) is 5.75 Å². The molecule has 0 radical (unpaired) electrons. The molecule has 0 saturated heterocycles. The van der Waals surface area contributed by atoms with Gasteiger partial charge in [0.1, 0.15) is 12.4 Å². The molecule has 2 aromatic carbocycles. The zero-order chi connectivity index (χ0) is 13.0. The summed E-state index contributed by atoms with van der Waals surface area (Å²) in [7, 11) is 0. The van der Waals surface area contributed by atoms with Gasteiger partial charge < -0.3 is 4.74 Å². The molecule has 0 amide bonds. The fraction of sp³-hybridized carbons (Fsp3) is 0.188. The third-order valence-electron chi connectivity index (χ3n) is 2.88. The van der Waals surface area contributed by atoms with Crippen molar-refractivity contribution >= 4 is 0 Å². The zero-order valence-corrected chi connectivity index (χ0v) is 10.6. The predicted octanol–water partition coefficient (Wildman–Crippen LogP) is 3.75. The van der Waals surface area contributed by atoms with Crippen LogP contribution in [0.25, 0.3) is 0 Å². The average Bonchev–Trinajstić information content (AvgIpc) is 2.38. The monoisotopic (exact) mass is 237 g/mol. The Morgan fingerprint density at radius 3 is 2.39 bits per heavy atom. The maximum absolute atomic E-state index is 8.71. The number of aryl methyl sites for hydroxylation is 2. The van der Waals surface area contributed by atoms with Crippen LogP contribution in [-0.2, 0) is 6.61 Å². The molecule has 0 aliphatic carbocycles. The molecule has 0 aliphatic rings. The molecular weight excluding hydrogens is 222 g/mol. The highest BCUT2D eigenvalue weighted by Crippen LogP contribution is 2.16.